The number of likely N-dealkylation sites (tertiary alicyclic amines) is 1. The first-order chi connectivity index (χ1) is 14.6. The van der Waals surface area contributed by atoms with Gasteiger partial charge in [0, 0.05) is 60.5 Å². The van der Waals surface area contributed by atoms with Crippen LogP contribution in [0.3, 0.4) is 0 Å². The first-order valence-electron chi connectivity index (χ1n) is 10.9. The Bertz CT molecular complexity index is 1160. The number of nitrogens with zero attached hydrogens (tertiary/aromatic N) is 4. The van der Waals surface area contributed by atoms with Gasteiger partial charge in [0.2, 0.25) is 0 Å². The number of aromatic amines is 1. The van der Waals surface area contributed by atoms with Gasteiger partial charge in [-0.15, -0.1) is 0 Å². The van der Waals surface area contributed by atoms with Gasteiger partial charge >= 0.3 is 6.03 Å². The number of carbonyl (C=O) groups excluding carboxylic acids is 1. The van der Waals surface area contributed by atoms with Gasteiger partial charge in [0.05, 0.1) is 16.4 Å². The molecule has 1 atom stereocenters. The Morgan fingerprint density at radius 1 is 1.37 bits per heavy atom. The predicted octanol–water partition coefficient (Wildman–Crippen LogP) is 4.03. The fourth-order valence-electron chi connectivity index (χ4n) is 5.41. The van der Waals surface area contributed by atoms with Crippen LogP contribution < -0.4 is 5.32 Å². The fraction of sp³-hybridized carbons (Fsp3) is 0.500. The van der Waals surface area contributed by atoms with Crippen LogP contribution in [-0.2, 0) is 12.0 Å². The van der Waals surface area contributed by atoms with Crippen molar-refractivity contribution in [1.82, 2.24) is 30.0 Å². The molecule has 3 aliphatic rings. The zero-order valence-electron chi connectivity index (χ0n) is 17.0. The smallest absolute Gasteiger partial charge is 0.317 e. The third-order valence-corrected chi connectivity index (χ3v) is 7.31. The number of H-pyrrole nitrogens is 1. The van der Waals surface area contributed by atoms with Crippen LogP contribution in [0.15, 0.2) is 18.5 Å². The van der Waals surface area contributed by atoms with E-state index >= 15 is 0 Å². The molecule has 1 aliphatic carbocycles. The Hall–Kier alpha value is -2.54. The third-order valence-electron chi connectivity index (χ3n) is 7.00. The highest BCUT2D eigenvalue weighted by atomic mass is 35.5. The Morgan fingerprint density at radius 3 is 3.00 bits per heavy atom. The number of aryl methyl sites for hydroxylation is 1. The number of urea groups is 1. The molecule has 0 radical (unpaired) electrons. The molecule has 2 aliphatic heterocycles. The minimum atomic E-state index is 0.0253. The number of fused-ring (bicyclic) bond motifs is 3. The summed E-state index contributed by atoms with van der Waals surface area (Å²) in [6.45, 7) is 5.13. The summed E-state index contributed by atoms with van der Waals surface area (Å²) in [5.74, 6) is 0.564. The van der Waals surface area contributed by atoms with E-state index in [1.807, 2.05) is 18.0 Å². The Balaban J connectivity index is 1.44. The molecule has 0 bridgehead atoms. The molecule has 1 unspecified atom stereocenters. The number of aromatic nitrogens is 4. The lowest BCUT2D eigenvalue weighted by Gasteiger charge is -2.25. The first kappa shape index (κ1) is 18.2. The van der Waals surface area contributed by atoms with Crippen LogP contribution in [0.4, 0.5) is 4.79 Å². The summed E-state index contributed by atoms with van der Waals surface area (Å²) in [5.41, 5.74) is 5.66. The average molecular weight is 425 g/mol. The highest BCUT2D eigenvalue weighted by Crippen LogP contribution is 2.53. The predicted molar refractivity (Wildman–Crippen MR) is 116 cm³/mol. The van der Waals surface area contributed by atoms with Crippen LogP contribution in [0.5, 0.6) is 0 Å². The van der Waals surface area contributed by atoms with Gasteiger partial charge in [0.15, 0.2) is 0 Å². The van der Waals surface area contributed by atoms with Gasteiger partial charge in [-0.05, 0) is 44.6 Å². The molecule has 3 aromatic rings. The first-order valence-corrected chi connectivity index (χ1v) is 11.2. The number of amides is 2. The maximum atomic E-state index is 12.5. The van der Waals surface area contributed by atoms with Crippen molar-refractivity contribution in [2.45, 2.75) is 50.5 Å². The van der Waals surface area contributed by atoms with E-state index in [9.17, 15) is 4.79 Å². The summed E-state index contributed by atoms with van der Waals surface area (Å²) in [6, 6.07) is 2.16. The zero-order chi connectivity index (χ0) is 20.5. The number of rotatable bonds is 3. The van der Waals surface area contributed by atoms with Crippen molar-refractivity contribution in [2.75, 3.05) is 19.6 Å². The molecular formula is C22H25ClN6O. The molecule has 0 aromatic carbocycles. The van der Waals surface area contributed by atoms with Gasteiger partial charge < -0.3 is 15.2 Å². The van der Waals surface area contributed by atoms with Crippen molar-refractivity contribution < 1.29 is 4.79 Å². The largest absolute Gasteiger partial charge is 0.345 e. The molecule has 3 aromatic heterocycles. The SMILES string of the molecule is CCNC(=O)N1CCC2(CCn3nc(-c4cnc5[nH]cc(Cl)c5c4)c(C4CC4)c32)C1. The van der Waals surface area contributed by atoms with Gasteiger partial charge in [-0.25, -0.2) is 9.78 Å². The van der Waals surface area contributed by atoms with Gasteiger partial charge in [0.25, 0.3) is 0 Å². The van der Waals surface area contributed by atoms with E-state index < -0.39 is 0 Å². The van der Waals surface area contributed by atoms with E-state index in [0.29, 0.717) is 17.5 Å². The molecule has 2 amide bonds. The highest BCUT2D eigenvalue weighted by Gasteiger charge is 2.50. The molecular weight excluding hydrogens is 400 g/mol. The second kappa shape index (κ2) is 6.48. The summed E-state index contributed by atoms with van der Waals surface area (Å²) in [4.78, 5) is 22.1. The monoisotopic (exact) mass is 424 g/mol. The molecule has 1 spiro atoms. The van der Waals surface area contributed by atoms with E-state index in [4.69, 9.17) is 16.7 Å². The van der Waals surface area contributed by atoms with Crippen molar-refractivity contribution in [3.63, 3.8) is 0 Å². The van der Waals surface area contributed by atoms with Gasteiger partial charge in [0.1, 0.15) is 5.65 Å². The summed E-state index contributed by atoms with van der Waals surface area (Å²) >= 11 is 6.35. The molecule has 1 saturated heterocycles. The summed E-state index contributed by atoms with van der Waals surface area (Å²) in [5, 5.41) is 9.65. The van der Waals surface area contributed by atoms with Crippen LogP contribution >= 0.6 is 11.6 Å². The Kier molecular flexibility index (Phi) is 3.94. The number of hydrogen-bond donors (Lipinski definition) is 2. The van der Waals surface area contributed by atoms with Crippen LogP contribution in [0.25, 0.3) is 22.3 Å². The molecule has 2 fully saturated rings. The zero-order valence-corrected chi connectivity index (χ0v) is 17.8. The standard InChI is InChI=1S/C22H25ClN6O/c1-2-24-21(30)28-7-5-22(12-28)6-8-29-19(22)17(13-3-4-13)18(27-29)14-9-15-16(23)11-26-20(15)25-10-14/h9-11,13H,2-8,12H2,1H3,(H,24,30)(H,25,26). The highest BCUT2D eigenvalue weighted by molar-refractivity contribution is 6.35. The maximum absolute atomic E-state index is 12.5. The minimum absolute atomic E-state index is 0.0253. The number of hydrogen-bond acceptors (Lipinski definition) is 3. The van der Waals surface area contributed by atoms with Crippen molar-refractivity contribution in [3.05, 3.63) is 34.7 Å². The molecule has 7 nitrogen and oxygen atoms in total. The van der Waals surface area contributed by atoms with Crippen molar-refractivity contribution in [1.29, 1.82) is 0 Å². The second-order valence-electron chi connectivity index (χ2n) is 8.90. The van der Waals surface area contributed by atoms with Crippen LogP contribution in [0.1, 0.15) is 49.8 Å². The van der Waals surface area contributed by atoms with Crippen LogP contribution in [-0.4, -0.2) is 50.3 Å². The summed E-state index contributed by atoms with van der Waals surface area (Å²) in [7, 11) is 0. The van der Waals surface area contributed by atoms with Crippen molar-refractivity contribution in [3.8, 4) is 11.3 Å². The minimum Gasteiger partial charge on any atom is -0.345 e. The number of pyridine rings is 1. The lowest BCUT2D eigenvalue weighted by Crippen LogP contribution is -2.40. The van der Waals surface area contributed by atoms with E-state index in [-0.39, 0.29) is 11.4 Å². The van der Waals surface area contributed by atoms with Gasteiger partial charge in [-0.2, -0.15) is 5.10 Å². The van der Waals surface area contributed by atoms with Crippen LogP contribution in [0.2, 0.25) is 5.02 Å². The average Bonchev–Trinajstić information content (AvgIpc) is 3.10. The second-order valence-corrected chi connectivity index (χ2v) is 9.31. The number of nitrogens with one attached hydrogen (secondary N) is 2. The fourth-order valence-corrected chi connectivity index (χ4v) is 5.61. The van der Waals surface area contributed by atoms with Gasteiger partial charge in [-0.1, -0.05) is 11.6 Å². The van der Waals surface area contributed by atoms with E-state index in [0.717, 1.165) is 54.8 Å². The van der Waals surface area contributed by atoms with E-state index in [2.05, 4.69) is 26.0 Å². The Labute approximate surface area is 179 Å². The van der Waals surface area contributed by atoms with Crippen LogP contribution in [0, 0.1) is 0 Å². The summed E-state index contributed by atoms with van der Waals surface area (Å²) < 4.78 is 2.22. The molecule has 8 heteroatoms. The number of carbonyl (C=O) groups is 1. The van der Waals surface area contributed by atoms with Crippen molar-refractivity contribution in [2.24, 2.45) is 0 Å². The molecule has 30 heavy (non-hydrogen) atoms. The molecule has 5 heterocycles. The lowest BCUT2D eigenvalue weighted by atomic mass is 9.79. The molecule has 2 N–H and O–H groups in total. The van der Waals surface area contributed by atoms with Gasteiger partial charge in [-0.3, -0.25) is 4.68 Å². The Morgan fingerprint density at radius 2 is 2.20 bits per heavy atom. The quantitative estimate of drug-likeness (QED) is 0.666. The molecule has 6 rings (SSSR count). The molecule has 1 saturated carbocycles. The topological polar surface area (TPSA) is 78.8 Å². The third kappa shape index (κ3) is 2.61. The summed E-state index contributed by atoms with van der Waals surface area (Å²) in [6.07, 6.45) is 8.18. The maximum Gasteiger partial charge on any atom is 0.317 e. The molecule has 156 valence electrons. The number of halogens is 1. The van der Waals surface area contributed by atoms with Crippen molar-refractivity contribution >= 4 is 28.7 Å². The van der Waals surface area contributed by atoms with E-state index in [1.165, 1.54) is 24.1 Å². The normalized spacial score (nSPS) is 22.9. The lowest BCUT2D eigenvalue weighted by molar-refractivity contribution is 0.206. The van der Waals surface area contributed by atoms with E-state index in [1.54, 1.807) is 6.20 Å².